The SMILES string of the molecule is C=CC(C)/C=C\CCCCCCCCCC(=O)O. The van der Waals surface area contributed by atoms with Crippen LogP contribution in [0.25, 0.3) is 0 Å². The van der Waals surface area contributed by atoms with Crippen LogP contribution in [-0.4, -0.2) is 11.1 Å². The van der Waals surface area contributed by atoms with E-state index in [0.29, 0.717) is 12.3 Å². The number of carbonyl (C=O) groups is 1. The van der Waals surface area contributed by atoms with Gasteiger partial charge in [0.25, 0.3) is 0 Å². The molecule has 0 aromatic heterocycles. The van der Waals surface area contributed by atoms with Crippen molar-refractivity contribution in [3.8, 4) is 0 Å². The molecule has 0 saturated heterocycles. The highest BCUT2D eigenvalue weighted by Crippen LogP contribution is 2.10. The number of aliphatic carboxylic acids is 1. The van der Waals surface area contributed by atoms with Gasteiger partial charge in [-0.15, -0.1) is 6.58 Å². The Balaban J connectivity index is 3.14. The first-order valence-electron chi connectivity index (χ1n) is 7.18. The third-order valence-electron chi connectivity index (χ3n) is 3.07. The maximum atomic E-state index is 10.3. The van der Waals surface area contributed by atoms with E-state index in [2.05, 4.69) is 25.7 Å². The molecule has 2 nitrogen and oxygen atoms in total. The van der Waals surface area contributed by atoms with Crippen LogP contribution in [0.3, 0.4) is 0 Å². The topological polar surface area (TPSA) is 37.3 Å². The van der Waals surface area contributed by atoms with E-state index < -0.39 is 5.97 Å². The minimum absolute atomic E-state index is 0.326. The highest BCUT2D eigenvalue weighted by molar-refractivity contribution is 5.66. The van der Waals surface area contributed by atoms with Crippen molar-refractivity contribution in [3.63, 3.8) is 0 Å². The van der Waals surface area contributed by atoms with Crippen molar-refractivity contribution in [2.75, 3.05) is 0 Å². The van der Waals surface area contributed by atoms with E-state index in [9.17, 15) is 4.79 Å². The maximum absolute atomic E-state index is 10.3. The van der Waals surface area contributed by atoms with Gasteiger partial charge in [0.05, 0.1) is 0 Å². The van der Waals surface area contributed by atoms with Gasteiger partial charge < -0.3 is 5.11 Å². The van der Waals surface area contributed by atoms with Crippen LogP contribution in [0.1, 0.15) is 64.7 Å². The van der Waals surface area contributed by atoms with E-state index in [-0.39, 0.29) is 0 Å². The zero-order valence-corrected chi connectivity index (χ0v) is 11.7. The van der Waals surface area contributed by atoms with Crippen molar-refractivity contribution in [3.05, 3.63) is 24.8 Å². The molecule has 0 heterocycles. The largest absolute Gasteiger partial charge is 0.481 e. The zero-order valence-electron chi connectivity index (χ0n) is 11.7. The molecule has 0 rings (SSSR count). The molecule has 18 heavy (non-hydrogen) atoms. The van der Waals surface area contributed by atoms with E-state index in [1.807, 2.05) is 6.08 Å². The van der Waals surface area contributed by atoms with E-state index >= 15 is 0 Å². The van der Waals surface area contributed by atoms with E-state index in [4.69, 9.17) is 5.11 Å². The highest BCUT2D eigenvalue weighted by Gasteiger charge is 1.96. The summed E-state index contributed by atoms with van der Waals surface area (Å²) < 4.78 is 0. The van der Waals surface area contributed by atoms with Gasteiger partial charge in [-0.1, -0.05) is 57.3 Å². The first-order valence-corrected chi connectivity index (χ1v) is 7.18. The summed E-state index contributed by atoms with van der Waals surface area (Å²) in [6.07, 6.45) is 16.0. The van der Waals surface area contributed by atoms with Crippen molar-refractivity contribution in [2.45, 2.75) is 64.7 Å². The molecule has 0 radical (unpaired) electrons. The lowest BCUT2D eigenvalue weighted by Gasteiger charge is -2.00. The molecule has 1 atom stereocenters. The van der Waals surface area contributed by atoms with Gasteiger partial charge in [0.15, 0.2) is 0 Å². The summed E-state index contributed by atoms with van der Waals surface area (Å²) in [5.41, 5.74) is 0. The summed E-state index contributed by atoms with van der Waals surface area (Å²) in [4.78, 5) is 10.3. The van der Waals surface area contributed by atoms with E-state index in [0.717, 1.165) is 19.3 Å². The Morgan fingerprint density at radius 2 is 1.67 bits per heavy atom. The summed E-state index contributed by atoms with van der Waals surface area (Å²) in [5, 5.41) is 8.48. The van der Waals surface area contributed by atoms with Crippen molar-refractivity contribution >= 4 is 5.97 Å². The second-order valence-electron chi connectivity index (χ2n) is 4.93. The first-order chi connectivity index (χ1) is 8.66. The van der Waals surface area contributed by atoms with Crippen LogP contribution in [0.2, 0.25) is 0 Å². The third-order valence-corrected chi connectivity index (χ3v) is 3.07. The van der Waals surface area contributed by atoms with Crippen LogP contribution in [0.5, 0.6) is 0 Å². The number of hydrogen-bond acceptors (Lipinski definition) is 1. The van der Waals surface area contributed by atoms with Gasteiger partial charge in [0.1, 0.15) is 0 Å². The number of allylic oxidation sites excluding steroid dienone is 3. The van der Waals surface area contributed by atoms with Gasteiger partial charge in [-0.05, 0) is 25.2 Å². The Morgan fingerprint density at radius 1 is 1.11 bits per heavy atom. The van der Waals surface area contributed by atoms with Gasteiger partial charge >= 0.3 is 5.97 Å². The fourth-order valence-corrected chi connectivity index (χ4v) is 1.81. The molecular weight excluding hydrogens is 224 g/mol. The van der Waals surface area contributed by atoms with E-state index in [1.165, 1.54) is 32.1 Å². The molecule has 0 aliphatic heterocycles. The zero-order chi connectivity index (χ0) is 13.6. The number of unbranched alkanes of at least 4 members (excludes halogenated alkanes) is 7. The molecule has 2 heteroatoms. The van der Waals surface area contributed by atoms with Crippen molar-refractivity contribution in [2.24, 2.45) is 5.92 Å². The molecule has 0 bridgehead atoms. The summed E-state index contributed by atoms with van der Waals surface area (Å²) in [6, 6.07) is 0. The van der Waals surface area contributed by atoms with Crippen LogP contribution in [0.15, 0.2) is 24.8 Å². The lowest BCUT2D eigenvalue weighted by molar-refractivity contribution is -0.137. The molecule has 0 saturated carbocycles. The van der Waals surface area contributed by atoms with Gasteiger partial charge in [-0.3, -0.25) is 4.79 Å². The van der Waals surface area contributed by atoms with Gasteiger partial charge in [-0.25, -0.2) is 0 Å². The van der Waals surface area contributed by atoms with Crippen LogP contribution in [0.4, 0.5) is 0 Å². The number of carboxylic acid groups (broad SMARTS) is 1. The Morgan fingerprint density at radius 3 is 2.22 bits per heavy atom. The summed E-state index contributed by atoms with van der Waals surface area (Å²) >= 11 is 0. The smallest absolute Gasteiger partial charge is 0.303 e. The number of rotatable bonds is 12. The van der Waals surface area contributed by atoms with Gasteiger partial charge in [0, 0.05) is 6.42 Å². The van der Waals surface area contributed by atoms with Gasteiger partial charge in [0.2, 0.25) is 0 Å². The van der Waals surface area contributed by atoms with Crippen LogP contribution in [0, 0.1) is 5.92 Å². The molecule has 0 aliphatic carbocycles. The lowest BCUT2D eigenvalue weighted by Crippen LogP contribution is -1.93. The molecule has 0 spiro atoms. The standard InChI is InChI=1S/C16H28O2/c1-3-15(2)13-11-9-7-5-4-6-8-10-12-14-16(17)18/h3,11,13,15H,1,4-10,12,14H2,2H3,(H,17,18)/b13-11-. The number of carboxylic acids is 1. The third kappa shape index (κ3) is 13.0. The molecule has 0 aromatic rings. The minimum atomic E-state index is -0.671. The molecule has 1 N–H and O–H groups in total. The quantitative estimate of drug-likeness (QED) is 0.394. The monoisotopic (exact) mass is 252 g/mol. The average Bonchev–Trinajstić information content (AvgIpc) is 2.35. The molecule has 0 amide bonds. The Hall–Kier alpha value is -1.05. The average molecular weight is 252 g/mol. The predicted octanol–water partition coefficient (Wildman–Crippen LogP) is 4.96. The normalized spacial score (nSPS) is 12.7. The Kier molecular flexibility index (Phi) is 11.7. The molecule has 0 fully saturated rings. The van der Waals surface area contributed by atoms with Gasteiger partial charge in [-0.2, -0.15) is 0 Å². The van der Waals surface area contributed by atoms with Crippen LogP contribution in [-0.2, 0) is 4.79 Å². The van der Waals surface area contributed by atoms with Crippen molar-refractivity contribution in [1.29, 1.82) is 0 Å². The molecule has 1 unspecified atom stereocenters. The lowest BCUT2D eigenvalue weighted by atomic mass is 10.1. The summed E-state index contributed by atoms with van der Waals surface area (Å²) in [7, 11) is 0. The first kappa shape index (κ1) is 16.9. The predicted molar refractivity (Wildman–Crippen MR) is 77.7 cm³/mol. The molecule has 0 aromatic carbocycles. The second-order valence-corrected chi connectivity index (χ2v) is 4.93. The Labute approximate surface area is 112 Å². The van der Waals surface area contributed by atoms with Crippen molar-refractivity contribution in [1.82, 2.24) is 0 Å². The fraction of sp³-hybridized carbons (Fsp3) is 0.688. The number of hydrogen-bond donors (Lipinski definition) is 1. The fourth-order valence-electron chi connectivity index (χ4n) is 1.81. The van der Waals surface area contributed by atoms with Crippen LogP contribution >= 0.6 is 0 Å². The maximum Gasteiger partial charge on any atom is 0.303 e. The Bertz CT molecular complexity index is 243. The summed E-state index contributed by atoms with van der Waals surface area (Å²) in [6.45, 7) is 5.89. The molecular formula is C16H28O2. The van der Waals surface area contributed by atoms with Crippen LogP contribution < -0.4 is 0 Å². The highest BCUT2D eigenvalue weighted by atomic mass is 16.4. The second kappa shape index (κ2) is 12.4. The molecule has 0 aliphatic rings. The summed E-state index contributed by atoms with van der Waals surface area (Å²) in [5.74, 6) is -0.185. The minimum Gasteiger partial charge on any atom is -0.481 e. The van der Waals surface area contributed by atoms with E-state index in [1.54, 1.807) is 0 Å². The van der Waals surface area contributed by atoms with Crippen molar-refractivity contribution < 1.29 is 9.90 Å². The molecule has 104 valence electrons.